The number of carbonyl (C=O) groups is 1. The minimum atomic E-state index is -0.270. The quantitative estimate of drug-likeness (QED) is 0.507. The molecule has 2 aromatic carbocycles. The van der Waals surface area contributed by atoms with Crippen LogP contribution in [0.4, 0.5) is 0 Å². The zero-order valence-electron chi connectivity index (χ0n) is 14.7. The summed E-state index contributed by atoms with van der Waals surface area (Å²) in [5.41, 5.74) is 5.66. The van der Waals surface area contributed by atoms with Crippen LogP contribution in [0.5, 0.6) is 5.75 Å². The molecule has 0 saturated heterocycles. The van der Waals surface area contributed by atoms with Crippen molar-refractivity contribution in [2.75, 3.05) is 0 Å². The maximum atomic E-state index is 12.2. The van der Waals surface area contributed by atoms with E-state index in [2.05, 4.69) is 15.5 Å². The summed E-state index contributed by atoms with van der Waals surface area (Å²) in [4.78, 5) is 16.2. The number of carbonyl (C=O) groups excluding carboxylic acids is 1. The summed E-state index contributed by atoms with van der Waals surface area (Å²) < 4.78 is 5.69. The van der Waals surface area contributed by atoms with Crippen molar-refractivity contribution in [1.82, 2.24) is 10.4 Å². The minimum Gasteiger partial charge on any atom is -0.489 e. The molecule has 0 aliphatic carbocycles. The summed E-state index contributed by atoms with van der Waals surface area (Å²) >= 11 is 5.85. The molecule has 3 aromatic rings. The first-order valence-electron chi connectivity index (χ1n) is 8.34. The van der Waals surface area contributed by atoms with Gasteiger partial charge in [-0.05, 0) is 61.0 Å². The fourth-order valence-electron chi connectivity index (χ4n) is 2.31. The Balaban J connectivity index is 1.56. The van der Waals surface area contributed by atoms with Crippen LogP contribution in [0.15, 0.2) is 78.2 Å². The molecule has 136 valence electrons. The summed E-state index contributed by atoms with van der Waals surface area (Å²) in [7, 11) is 0. The van der Waals surface area contributed by atoms with Crippen molar-refractivity contribution >= 4 is 23.2 Å². The van der Waals surface area contributed by atoms with E-state index < -0.39 is 0 Å². The van der Waals surface area contributed by atoms with Gasteiger partial charge in [0.15, 0.2) is 0 Å². The highest BCUT2D eigenvalue weighted by molar-refractivity contribution is 6.30. The Morgan fingerprint density at radius 1 is 1.00 bits per heavy atom. The molecule has 0 unspecified atom stereocenters. The highest BCUT2D eigenvalue weighted by Crippen LogP contribution is 2.17. The van der Waals surface area contributed by atoms with E-state index in [4.69, 9.17) is 16.3 Å². The number of aromatic nitrogens is 1. The van der Waals surface area contributed by atoms with E-state index >= 15 is 0 Å². The Labute approximate surface area is 162 Å². The van der Waals surface area contributed by atoms with Crippen LogP contribution in [0, 0.1) is 0 Å². The number of halogens is 1. The standard InChI is InChI=1S/C21H18ClN3O2/c1-15(17-10-12-23-13-11-17)24-25-21(26)18-4-2-16(3-5-18)14-27-20-8-6-19(22)7-9-20/h2-13H,14H2,1H3,(H,25,26)/b24-15+. The second kappa shape index (κ2) is 8.96. The Morgan fingerprint density at radius 2 is 1.67 bits per heavy atom. The summed E-state index contributed by atoms with van der Waals surface area (Å²) in [6.07, 6.45) is 3.36. The zero-order chi connectivity index (χ0) is 19.1. The van der Waals surface area contributed by atoms with E-state index in [1.807, 2.05) is 43.3 Å². The van der Waals surface area contributed by atoms with Crippen LogP contribution < -0.4 is 10.2 Å². The van der Waals surface area contributed by atoms with Crippen molar-refractivity contribution in [1.29, 1.82) is 0 Å². The highest BCUT2D eigenvalue weighted by Gasteiger charge is 2.05. The summed E-state index contributed by atoms with van der Waals surface area (Å²) in [5.74, 6) is 0.468. The molecule has 1 N–H and O–H groups in total. The van der Waals surface area contributed by atoms with Gasteiger partial charge in [0.25, 0.3) is 5.91 Å². The number of nitrogens with one attached hydrogen (secondary N) is 1. The van der Waals surface area contributed by atoms with Gasteiger partial charge in [0.2, 0.25) is 0 Å². The van der Waals surface area contributed by atoms with Gasteiger partial charge in [-0.25, -0.2) is 5.43 Å². The molecule has 0 atom stereocenters. The second-order valence-corrected chi connectivity index (χ2v) is 6.25. The van der Waals surface area contributed by atoms with Gasteiger partial charge in [-0.2, -0.15) is 5.10 Å². The van der Waals surface area contributed by atoms with E-state index in [9.17, 15) is 4.79 Å². The predicted octanol–water partition coefficient (Wildman–Crippen LogP) is 4.47. The summed E-state index contributed by atoms with van der Waals surface area (Å²) in [5, 5.41) is 4.80. The Bertz CT molecular complexity index is 924. The van der Waals surface area contributed by atoms with Gasteiger partial charge in [0.05, 0.1) is 5.71 Å². The maximum absolute atomic E-state index is 12.2. The molecule has 0 aliphatic rings. The van der Waals surface area contributed by atoms with Crippen LogP contribution in [-0.2, 0) is 6.61 Å². The Kier molecular flexibility index (Phi) is 6.18. The molecular weight excluding hydrogens is 362 g/mol. The minimum absolute atomic E-state index is 0.270. The average molecular weight is 380 g/mol. The molecule has 0 fully saturated rings. The van der Waals surface area contributed by atoms with Crippen LogP contribution in [0.2, 0.25) is 5.02 Å². The normalized spacial score (nSPS) is 11.1. The van der Waals surface area contributed by atoms with Gasteiger partial charge >= 0.3 is 0 Å². The van der Waals surface area contributed by atoms with E-state index in [1.54, 1.807) is 36.7 Å². The maximum Gasteiger partial charge on any atom is 0.271 e. The van der Waals surface area contributed by atoms with Crippen LogP contribution in [0.3, 0.4) is 0 Å². The lowest BCUT2D eigenvalue weighted by atomic mass is 10.1. The topological polar surface area (TPSA) is 63.6 Å². The van der Waals surface area contributed by atoms with Crippen molar-refractivity contribution in [3.8, 4) is 5.75 Å². The number of benzene rings is 2. The largest absolute Gasteiger partial charge is 0.489 e. The first-order chi connectivity index (χ1) is 13.1. The van der Waals surface area contributed by atoms with Crippen LogP contribution >= 0.6 is 11.6 Å². The molecule has 0 radical (unpaired) electrons. The third-order valence-electron chi connectivity index (χ3n) is 3.86. The van der Waals surface area contributed by atoms with Crippen molar-refractivity contribution in [2.24, 2.45) is 5.10 Å². The van der Waals surface area contributed by atoms with Crippen LogP contribution in [0.25, 0.3) is 0 Å². The van der Waals surface area contributed by atoms with Gasteiger partial charge in [0, 0.05) is 28.5 Å². The van der Waals surface area contributed by atoms with Gasteiger partial charge in [-0.3, -0.25) is 9.78 Å². The third-order valence-corrected chi connectivity index (χ3v) is 4.11. The molecule has 1 aromatic heterocycles. The third kappa shape index (κ3) is 5.39. The van der Waals surface area contributed by atoms with E-state index in [0.717, 1.165) is 16.9 Å². The number of amides is 1. The number of pyridine rings is 1. The number of hydrazone groups is 1. The second-order valence-electron chi connectivity index (χ2n) is 5.81. The number of hydrogen-bond acceptors (Lipinski definition) is 4. The number of ether oxygens (including phenoxy) is 1. The highest BCUT2D eigenvalue weighted by atomic mass is 35.5. The first-order valence-corrected chi connectivity index (χ1v) is 8.72. The van der Waals surface area contributed by atoms with Crippen LogP contribution in [-0.4, -0.2) is 16.6 Å². The van der Waals surface area contributed by atoms with E-state index in [0.29, 0.717) is 22.9 Å². The summed E-state index contributed by atoms with van der Waals surface area (Å²) in [6, 6.07) is 18.0. The molecular formula is C21H18ClN3O2. The van der Waals surface area contributed by atoms with Crippen molar-refractivity contribution < 1.29 is 9.53 Å². The Hall–Kier alpha value is -3.18. The van der Waals surface area contributed by atoms with Crippen molar-refractivity contribution in [3.05, 3.63) is 94.8 Å². The zero-order valence-corrected chi connectivity index (χ0v) is 15.5. The average Bonchev–Trinajstić information content (AvgIpc) is 2.72. The van der Waals surface area contributed by atoms with E-state index in [1.165, 1.54) is 0 Å². The molecule has 0 aliphatic heterocycles. The molecule has 5 nitrogen and oxygen atoms in total. The van der Waals surface area contributed by atoms with Gasteiger partial charge < -0.3 is 4.74 Å². The smallest absolute Gasteiger partial charge is 0.271 e. The van der Waals surface area contributed by atoms with Crippen LogP contribution in [0.1, 0.15) is 28.4 Å². The fraction of sp³-hybridized carbons (Fsp3) is 0.0952. The van der Waals surface area contributed by atoms with Crippen molar-refractivity contribution in [3.63, 3.8) is 0 Å². The lowest BCUT2D eigenvalue weighted by Crippen LogP contribution is -2.19. The molecule has 1 amide bonds. The SMILES string of the molecule is C/C(=N\NC(=O)c1ccc(COc2ccc(Cl)cc2)cc1)c1ccncc1. The monoisotopic (exact) mass is 379 g/mol. The predicted molar refractivity (Wildman–Crippen MR) is 106 cm³/mol. The molecule has 1 heterocycles. The molecule has 0 spiro atoms. The summed E-state index contributed by atoms with van der Waals surface area (Å²) in [6.45, 7) is 2.23. The molecule has 0 bridgehead atoms. The number of hydrogen-bond donors (Lipinski definition) is 1. The molecule has 6 heteroatoms. The van der Waals surface area contributed by atoms with Gasteiger partial charge in [-0.1, -0.05) is 23.7 Å². The van der Waals surface area contributed by atoms with Gasteiger partial charge in [-0.15, -0.1) is 0 Å². The van der Waals surface area contributed by atoms with E-state index in [-0.39, 0.29) is 5.91 Å². The first kappa shape index (κ1) is 18.6. The fourth-order valence-corrected chi connectivity index (χ4v) is 2.43. The lowest BCUT2D eigenvalue weighted by Gasteiger charge is -2.07. The van der Waals surface area contributed by atoms with Crippen molar-refractivity contribution in [2.45, 2.75) is 13.5 Å². The van der Waals surface area contributed by atoms with Gasteiger partial charge in [0.1, 0.15) is 12.4 Å². The number of nitrogens with zero attached hydrogens (tertiary/aromatic N) is 2. The molecule has 27 heavy (non-hydrogen) atoms. The Morgan fingerprint density at radius 3 is 2.33 bits per heavy atom. The lowest BCUT2D eigenvalue weighted by molar-refractivity contribution is 0.0955. The molecule has 0 saturated carbocycles. The molecule has 3 rings (SSSR count). The number of rotatable bonds is 6.